The normalized spacial score (nSPS) is 21.7. The lowest BCUT2D eigenvalue weighted by molar-refractivity contribution is 0.404. The van der Waals surface area contributed by atoms with Crippen molar-refractivity contribution in [3.05, 3.63) is 28.2 Å². The highest BCUT2D eigenvalue weighted by Gasteiger charge is 2.18. The number of halogens is 1. The topological polar surface area (TPSA) is 33.3 Å². The molecule has 3 nitrogen and oxygen atoms in total. The molecule has 0 aliphatic carbocycles. The molecular weight excluding hydrogens is 316 g/mol. The second-order valence-electron chi connectivity index (χ2n) is 5.71. The van der Waals surface area contributed by atoms with Crippen molar-refractivity contribution in [2.75, 3.05) is 13.7 Å². The molecule has 0 aromatic heterocycles. The molecule has 3 unspecified atom stereocenters. The van der Waals surface area contributed by atoms with Crippen molar-refractivity contribution >= 4 is 15.9 Å². The van der Waals surface area contributed by atoms with E-state index < -0.39 is 0 Å². The summed E-state index contributed by atoms with van der Waals surface area (Å²) >= 11 is 3.55. The second-order valence-corrected chi connectivity index (χ2v) is 6.57. The molecule has 112 valence electrons. The number of methoxy groups -OCH3 is 1. The fraction of sp³-hybridized carbons (Fsp3) is 0.625. The van der Waals surface area contributed by atoms with Gasteiger partial charge in [-0.15, -0.1) is 0 Å². The van der Waals surface area contributed by atoms with Crippen LogP contribution in [0.15, 0.2) is 22.7 Å². The van der Waals surface area contributed by atoms with E-state index >= 15 is 0 Å². The van der Waals surface area contributed by atoms with E-state index in [2.05, 4.69) is 52.5 Å². The third-order valence-electron chi connectivity index (χ3n) is 4.01. The molecule has 0 radical (unpaired) electrons. The minimum atomic E-state index is 0.341. The lowest BCUT2D eigenvalue weighted by atomic mass is 10.0. The van der Waals surface area contributed by atoms with Crippen LogP contribution in [-0.4, -0.2) is 25.7 Å². The Bertz CT molecular complexity index is 432. The van der Waals surface area contributed by atoms with Gasteiger partial charge in [0.2, 0.25) is 0 Å². The molecule has 0 spiro atoms. The molecule has 20 heavy (non-hydrogen) atoms. The molecule has 4 heteroatoms. The van der Waals surface area contributed by atoms with E-state index in [1.165, 1.54) is 31.4 Å². The van der Waals surface area contributed by atoms with Crippen LogP contribution in [0, 0.1) is 0 Å². The summed E-state index contributed by atoms with van der Waals surface area (Å²) in [4.78, 5) is 0. The van der Waals surface area contributed by atoms with Gasteiger partial charge in [0.25, 0.3) is 0 Å². The number of nitrogens with one attached hydrogen (secondary N) is 2. The van der Waals surface area contributed by atoms with E-state index in [1.807, 2.05) is 6.07 Å². The molecule has 2 N–H and O–H groups in total. The lowest BCUT2D eigenvalue weighted by Crippen LogP contribution is -2.35. The molecule has 1 fully saturated rings. The van der Waals surface area contributed by atoms with E-state index in [4.69, 9.17) is 4.74 Å². The SMILES string of the molecule is COc1ccc(C(C)NC(C)CC2CCCN2)cc1Br. The van der Waals surface area contributed by atoms with Gasteiger partial charge in [0.15, 0.2) is 0 Å². The van der Waals surface area contributed by atoms with Gasteiger partial charge in [-0.2, -0.15) is 0 Å². The van der Waals surface area contributed by atoms with E-state index in [9.17, 15) is 0 Å². The maximum Gasteiger partial charge on any atom is 0.133 e. The number of ether oxygens (including phenoxy) is 1. The average Bonchev–Trinajstić information content (AvgIpc) is 2.91. The van der Waals surface area contributed by atoms with Gasteiger partial charge in [-0.1, -0.05) is 6.07 Å². The molecular formula is C16H25BrN2O. The first-order valence-electron chi connectivity index (χ1n) is 7.43. The van der Waals surface area contributed by atoms with Crippen molar-refractivity contribution in [3.63, 3.8) is 0 Å². The van der Waals surface area contributed by atoms with Gasteiger partial charge < -0.3 is 15.4 Å². The first kappa shape index (κ1) is 15.8. The molecule has 2 rings (SSSR count). The van der Waals surface area contributed by atoms with Gasteiger partial charge in [0.1, 0.15) is 5.75 Å². The van der Waals surface area contributed by atoms with Gasteiger partial charge in [-0.05, 0) is 73.3 Å². The Labute approximate surface area is 130 Å². The Morgan fingerprint density at radius 1 is 1.45 bits per heavy atom. The van der Waals surface area contributed by atoms with Gasteiger partial charge >= 0.3 is 0 Å². The van der Waals surface area contributed by atoms with Crippen LogP contribution in [0.4, 0.5) is 0 Å². The van der Waals surface area contributed by atoms with Crippen LogP contribution in [0.2, 0.25) is 0 Å². The molecule has 0 amide bonds. The second kappa shape index (κ2) is 7.43. The minimum Gasteiger partial charge on any atom is -0.496 e. The van der Waals surface area contributed by atoms with Crippen LogP contribution < -0.4 is 15.4 Å². The molecule has 3 atom stereocenters. The average molecular weight is 341 g/mol. The van der Waals surface area contributed by atoms with Crippen molar-refractivity contribution in [2.24, 2.45) is 0 Å². The Hall–Kier alpha value is -0.580. The summed E-state index contributed by atoms with van der Waals surface area (Å²) < 4.78 is 6.28. The Morgan fingerprint density at radius 3 is 2.85 bits per heavy atom. The quantitative estimate of drug-likeness (QED) is 0.829. The summed E-state index contributed by atoms with van der Waals surface area (Å²) in [5.74, 6) is 0.879. The Kier molecular flexibility index (Phi) is 5.87. The number of hydrogen-bond acceptors (Lipinski definition) is 3. The van der Waals surface area contributed by atoms with Crippen LogP contribution >= 0.6 is 15.9 Å². The van der Waals surface area contributed by atoms with Crippen molar-refractivity contribution in [1.82, 2.24) is 10.6 Å². The fourth-order valence-electron chi connectivity index (χ4n) is 2.93. The highest BCUT2D eigenvalue weighted by atomic mass is 79.9. The van der Waals surface area contributed by atoms with E-state index in [0.29, 0.717) is 18.1 Å². The first-order chi connectivity index (χ1) is 9.60. The summed E-state index contributed by atoms with van der Waals surface area (Å²) in [6, 6.07) is 7.82. The molecule has 1 aliphatic heterocycles. The highest BCUT2D eigenvalue weighted by molar-refractivity contribution is 9.10. The number of benzene rings is 1. The maximum absolute atomic E-state index is 5.27. The molecule has 1 aromatic rings. The maximum atomic E-state index is 5.27. The highest BCUT2D eigenvalue weighted by Crippen LogP contribution is 2.28. The van der Waals surface area contributed by atoms with E-state index in [1.54, 1.807) is 7.11 Å². The van der Waals surface area contributed by atoms with Crippen LogP contribution in [0.25, 0.3) is 0 Å². The van der Waals surface area contributed by atoms with Crippen LogP contribution in [0.3, 0.4) is 0 Å². The fourth-order valence-corrected chi connectivity index (χ4v) is 3.49. The minimum absolute atomic E-state index is 0.341. The number of rotatable bonds is 6. The molecule has 1 aromatic carbocycles. The lowest BCUT2D eigenvalue weighted by Gasteiger charge is -2.23. The standard InChI is InChI=1S/C16H25BrN2O/c1-11(9-14-5-4-8-18-14)19-12(2)13-6-7-16(20-3)15(17)10-13/h6-7,10-12,14,18-19H,4-5,8-9H2,1-3H3. The summed E-state index contributed by atoms with van der Waals surface area (Å²) in [7, 11) is 1.69. The zero-order chi connectivity index (χ0) is 14.5. The third-order valence-corrected chi connectivity index (χ3v) is 4.63. The Balaban J connectivity index is 1.89. The molecule has 0 bridgehead atoms. The molecule has 1 heterocycles. The van der Waals surface area contributed by atoms with Gasteiger partial charge in [-0.3, -0.25) is 0 Å². The predicted octanol–water partition coefficient (Wildman–Crippen LogP) is 3.64. The zero-order valence-electron chi connectivity index (χ0n) is 12.6. The third kappa shape index (κ3) is 4.21. The van der Waals surface area contributed by atoms with Crippen molar-refractivity contribution in [2.45, 2.75) is 51.2 Å². The summed E-state index contributed by atoms with van der Waals surface area (Å²) in [6.07, 6.45) is 3.83. The van der Waals surface area contributed by atoms with E-state index in [-0.39, 0.29) is 0 Å². The smallest absolute Gasteiger partial charge is 0.133 e. The van der Waals surface area contributed by atoms with Gasteiger partial charge in [0.05, 0.1) is 11.6 Å². The van der Waals surface area contributed by atoms with Crippen LogP contribution in [-0.2, 0) is 0 Å². The van der Waals surface area contributed by atoms with Crippen molar-refractivity contribution in [3.8, 4) is 5.75 Å². The summed E-state index contributed by atoms with van der Waals surface area (Å²) in [6.45, 7) is 5.67. The van der Waals surface area contributed by atoms with E-state index in [0.717, 1.165) is 10.2 Å². The first-order valence-corrected chi connectivity index (χ1v) is 8.22. The molecule has 1 saturated heterocycles. The van der Waals surface area contributed by atoms with Crippen molar-refractivity contribution in [1.29, 1.82) is 0 Å². The van der Waals surface area contributed by atoms with Crippen molar-refractivity contribution < 1.29 is 4.74 Å². The zero-order valence-corrected chi connectivity index (χ0v) is 14.2. The number of hydrogen-bond donors (Lipinski definition) is 2. The summed E-state index contributed by atoms with van der Waals surface area (Å²) in [5, 5.41) is 7.25. The molecule has 0 saturated carbocycles. The Morgan fingerprint density at radius 2 is 2.25 bits per heavy atom. The predicted molar refractivity (Wildman–Crippen MR) is 87.3 cm³/mol. The van der Waals surface area contributed by atoms with Gasteiger partial charge in [0, 0.05) is 18.1 Å². The summed E-state index contributed by atoms with van der Waals surface area (Å²) in [5.41, 5.74) is 1.28. The largest absolute Gasteiger partial charge is 0.496 e. The molecule has 1 aliphatic rings. The monoisotopic (exact) mass is 340 g/mol. The van der Waals surface area contributed by atoms with Crippen LogP contribution in [0.1, 0.15) is 44.7 Å². The van der Waals surface area contributed by atoms with Gasteiger partial charge in [-0.25, -0.2) is 0 Å². The van der Waals surface area contributed by atoms with Crippen LogP contribution in [0.5, 0.6) is 5.75 Å².